The van der Waals surface area contributed by atoms with Crippen molar-refractivity contribution in [3.63, 3.8) is 0 Å². The minimum absolute atomic E-state index is 0. The van der Waals surface area contributed by atoms with Gasteiger partial charge < -0.3 is 0 Å². The lowest BCUT2D eigenvalue weighted by Gasteiger charge is -2.39. The first-order valence-electron chi connectivity index (χ1n) is 17.0. The molecule has 0 saturated heterocycles. The molecule has 0 amide bonds. The van der Waals surface area contributed by atoms with Crippen molar-refractivity contribution in [3.8, 4) is 0 Å². The first-order chi connectivity index (χ1) is 20.2. The molecule has 0 unspecified atom stereocenters. The summed E-state index contributed by atoms with van der Waals surface area (Å²) in [6.45, 7) is 42.7. The van der Waals surface area contributed by atoms with Crippen LogP contribution in [-0.4, -0.2) is 43.8 Å². The minimum atomic E-state index is -0.553. The van der Waals surface area contributed by atoms with Gasteiger partial charge >= 0.3 is 0 Å². The smallest absolute Gasteiger partial charge is 0.0632 e. The van der Waals surface area contributed by atoms with Crippen molar-refractivity contribution in [2.24, 2.45) is 0 Å². The van der Waals surface area contributed by atoms with Gasteiger partial charge in [0.05, 0.1) is 26.4 Å². The van der Waals surface area contributed by atoms with E-state index in [1.54, 1.807) is 15.6 Å². The molecule has 0 bridgehead atoms. The van der Waals surface area contributed by atoms with Crippen molar-refractivity contribution in [2.75, 3.05) is 0 Å². The monoisotopic (exact) mass is 684 g/mol. The zero-order chi connectivity index (χ0) is 35.1. The predicted molar refractivity (Wildman–Crippen MR) is 220 cm³/mol. The second-order valence-electron chi connectivity index (χ2n) is 18.7. The summed E-state index contributed by atoms with van der Waals surface area (Å²) in [6, 6.07) is 33.1. The average molecular weight is 685 g/mol. The van der Waals surface area contributed by atoms with Crippen LogP contribution in [0.25, 0.3) is 0 Å². The Balaban J connectivity index is 0.000000653. The molecule has 0 aromatic heterocycles. The molecule has 0 N–H and O–H groups in total. The summed E-state index contributed by atoms with van der Waals surface area (Å²) in [5, 5.41) is 7.12. The van der Waals surface area contributed by atoms with Crippen LogP contribution in [0.1, 0.15) is 125 Å². The van der Waals surface area contributed by atoms with Crippen molar-refractivity contribution in [3.05, 3.63) is 91.0 Å². The highest BCUT2D eigenvalue weighted by Gasteiger charge is 2.39. The maximum absolute atomic E-state index is 2.37. The molecule has 4 heteroatoms. The summed E-state index contributed by atoms with van der Waals surface area (Å²) in [7, 11) is -1.66. The van der Waals surface area contributed by atoms with E-state index >= 15 is 0 Å². The lowest BCUT2D eigenvalue weighted by molar-refractivity contribution is 0.653. The second kappa shape index (κ2) is 17.5. The van der Waals surface area contributed by atoms with Gasteiger partial charge in [0.15, 0.2) is 0 Å². The average Bonchev–Trinajstić information content (AvgIpc) is 2.81. The third kappa shape index (κ3) is 14.9. The SMILES string of the molecule is CC(C)(C)[Si](c1ccccc1)C(C)(C)C.CC(C)(C)[Si](c1ccccc1)C(C)(C)C.CC(C)(C)[Si](c1ccccc1)C(C)(C)C.[Al]. The van der Waals surface area contributed by atoms with Gasteiger partial charge in [0.2, 0.25) is 0 Å². The fourth-order valence-corrected chi connectivity index (χ4v) is 21.3. The Bertz CT molecular complexity index is 1030. The zero-order valence-corrected chi connectivity index (χ0v) is 37.4. The lowest BCUT2D eigenvalue weighted by atomic mass is 10.2. The van der Waals surface area contributed by atoms with Crippen molar-refractivity contribution in [2.45, 2.75) is 155 Å². The van der Waals surface area contributed by atoms with Crippen LogP contribution in [0, 0.1) is 0 Å². The molecule has 0 saturated carbocycles. The maximum Gasteiger partial charge on any atom is 0.0969 e. The molecule has 0 nitrogen and oxygen atoms in total. The van der Waals surface area contributed by atoms with E-state index in [9.17, 15) is 0 Å². The van der Waals surface area contributed by atoms with Gasteiger partial charge in [-0.05, 0) is 30.2 Å². The molecule has 3 aromatic rings. The van der Waals surface area contributed by atoms with Gasteiger partial charge in [-0.1, -0.05) is 231 Å². The van der Waals surface area contributed by atoms with Crippen LogP contribution >= 0.6 is 0 Å². The maximum atomic E-state index is 2.37. The van der Waals surface area contributed by atoms with Crippen molar-refractivity contribution in [1.29, 1.82) is 0 Å². The van der Waals surface area contributed by atoms with E-state index in [4.69, 9.17) is 0 Å². The molecule has 3 rings (SSSR count). The van der Waals surface area contributed by atoms with E-state index in [-0.39, 0.29) is 17.4 Å². The third-order valence-corrected chi connectivity index (χ3v) is 19.4. The highest BCUT2D eigenvalue weighted by Crippen LogP contribution is 2.43. The minimum Gasteiger partial charge on any atom is -0.0632 e. The zero-order valence-electron chi connectivity index (χ0n) is 33.2. The van der Waals surface area contributed by atoms with Crippen LogP contribution in [0.5, 0.6) is 0 Å². The largest absolute Gasteiger partial charge is 0.0969 e. The molecule has 0 spiro atoms. The van der Waals surface area contributed by atoms with Gasteiger partial charge in [-0.15, -0.1) is 0 Å². The van der Waals surface area contributed by atoms with E-state index in [0.29, 0.717) is 30.2 Å². The normalized spacial score (nSPS) is 13.0. The first-order valence-corrected chi connectivity index (χ1v) is 21.5. The van der Waals surface area contributed by atoms with E-state index in [0.717, 1.165) is 0 Å². The fraction of sp³-hybridized carbons (Fsp3) is 0.571. The van der Waals surface area contributed by atoms with Gasteiger partial charge in [0.1, 0.15) is 0 Å². The predicted octanol–water partition coefficient (Wildman–Crippen LogP) is 11.6. The van der Waals surface area contributed by atoms with Crippen molar-refractivity contribution >= 4 is 59.3 Å². The van der Waals surface area contributed by atoms with Gasteiger partial charge in [-0.2, -0.15) is 0 Å². The number of rotatable bonds is 3. The van der Waals surface area contributed by atoms with Crippen LogP contribution in [-0.2, 0) is 0 Å². The number of benzene rings is 3. The van der Waals surface area contributed by atoms with Crippen LogP contribution in [0.2, 0.25) is 30.2 Å². The molecule has 0 aliphatic rings. The summed E-state index contributed by atoms with van der Waals surface area (Å²) in [4.78, 5) is 0. The van der Waals surface area contributed by atoms with E-state index in [1.165, 1.54) is 0 Å². The Morgan fingerprint density at radius 1 is 0.261 bits per heavy atom. The number of hydrogen-bond donors (Lipinski definition) is 0. The Kier molecular flexibility index (Phi) is 17.0. The Morgan fingerprint density at radius 3 is 0.500 bits per heavy atom. The van der Waals surface area contributed by atoms with Crippen molar-refractivity contribution < 1.29 is 0 Å². The Labute approximate surface area is 303 Å². The molecule has 0 heterocycles. The molecular weight excluding hydrogens is 616 g/mol. The van der Waals surface area contributed by atoms with Crippen LogP contribution in [0.4, 0.5) is 0 Å². The van der Waals surface area contributed by atoms with Gasteiger partial charge in [0, 0.05) is 17.4 Å². The summed E-state index contributed by atoms with van der Waals surface area (Å²) in [5.41, 5.74) is 0. The Hall–Kier alpha value is -1.16. The summed E-state index contributed by atoms with van der Waals surface area (Å²) < 4.78 is 0. The summed E-state index contributed by atoms with van der Waals surface area (Å²) >= 11 is 0. The molecule has 0 fully saturated rings. The van der Waals surface area contributed by atoms with Crippen LogP contribution in [0.3, 0.4) is 0 Å². The molecular formula is C42H69AlSi3. The first kappa shape index (κ1) is 44.8. The van der Waals surface area contributed by atoms with Crippen LogP contribution < -0.4 is 15.6 Å². The van der Waals surface area contributed by atoms with E-state index in [2.05, 4.69) is 216 Å². The van der Waals surface area contributed by atoms with Crippen molar-refractivity contribution in [1.82, 2.24) is 0 Å². The molecule has 0 aliphatic carbocycles. The summed E-state index contributed by atoms with van der Waals surface area (Å²) in [5.74, 6) is 0. The number of hydrogen-bond acceptors (Lipinski definition) is 0. The third-order valence-electron chi connectivity index (χ3n) is 7.69. The van der Waals surface area contributed by atoms with Crippen LogP contribution in [0.15, 0.2) is 91.0 Å². The molecule has 0 aliphatic heterocycles. The molecule has 0 atom stereocenters. The standard InChI is InChI=1S/3C14H23Si.Al/c3*1-13(2,3)15(14(4,5)6)12-10-8-7-9-11-12;/h3*7-11H,1-6H3;. The highest BCUT2D eigenvalue weighted by atomic mass is 28.3. The quantitative estimate of drug-likeness (QED) is 0.241. The molecule has 3 aromatic carbocycles. The van der Waals surface area contributed by atoms with Gasteiger partial charge in [-0.25, -0.2) is 0 Å². The second-order valence-corrected chi connectivity index (χ2v) is 31.7. The topological polar surface area (TPSA) is 0 Å². The van der Waals surface area contributed by atoms with Gasteiger partial charge in [-0.3, -0.25) is 0 Å². The van der Waals surface area contributed by atoms with E-state index < -0.39 is 26.4 Å². The fourth-order valence-electron chi connectivity index (χ4n) is 7.79. The Morgan fingerprint density at radius 2 is 0.391 bits per heavy atom. The van der Waals surface area contributed by atoms with E-state index in [1.807, 2.05) is 0 Å². The van der Waals surface area contributed by atoms with Gasteiger partial charge in [0.25, 0.3) is 0 Å². The summed E-state index contributed by atoms with van der Waals surface area (Å²) in [6.07, 6.45) is 0. The highest BCUT2D eigenvalue weighted by molar-refractivity contribution is 6.79. The lowest BCUT2D eigenvalue weighted by Crippen LogP contribution is -2.45. The molecule has 46 heavy (non-hydrogen) atoms. The molecule has 252 valence electrons. The molecule has 6 radical (unpaired) electrons.